The second-order valence-electron chi connectivity index (χ2n) is 3.91. The molecule has 0 saturated carbocycles. The van der Waals surface area contributed by atoms with E-state index in [9.17, 15) is 4.79 Å². The van der Waals surface area contributed by atoms with E-state index < -0.39 is 5.91 Å². The largest absolute Gasteiger partial charge is 0.379 e. The van der Waals surface area contributed by atoms with Crippen molar-refractivity contribution in [3.05, 3.63) is 35.0 Å². The minimum absolute atomic E-state index is 0.000283. The SMILES string of the molecule is CCc1cccc(C)c1NC(=O)c1nonc1N. The Morgan fingerprint density at radius 1 is 1.44 bits per heavy atom. The number of nitrogens with zero attached hydrogens (tertiary/aromatic N) is 2. The van der Waals surface area contributed by atoms with Crippen LogP contribution in [0.5, 0.6) is 0 Å². The molecule has 0 radical (unpaired) electrons. The maximum Gasteiger partial charge on any atom is 0.281 e. The van der Waals surface area contributed by atoms with Gasteiger partial charge >= 0.3 is 0 Å². The number of nitrogens with two attached hydrogens (primary N) is 1. The van der Waals surface area contributed by atoms with E-state index >= 15 is 0 Å². The Labute approximate surface area is 104 Å². The van der Waals surface area contributed by atoms with Crippen molar-refractivity contribution in [1.29, 1.82) is 0 Å². The molecule has 0 saturated heterocycles. The number of carbonyl (C=O) groups excluding carboxylic acids is 1. The third-order valence-electron chi connectivity index (χ3n) is 2.71. The standard InChI is InChI=1S/C12H14N4O2/c1-3-8-6-4-5-7(2)9(8)14-12(17)10-11(13)16-18-15-10/h4-6H,3H2,1-2H3,(H2,13,16)(H,14,17). The number of hydrogen-bond acceptors (Lipinski definition) is 5. The normalized spacial score (nSPS) is 10.3. The molecule has 0 aliphatic carbocycles. The lowest BCUT2D eigenvalue weighted by molar-refractivity contribution is 0.101. The molecule has 2 rings (SSSR count). The van der Waals surface area contributed by atoms with E-state index in [1.54, 1.807) is 0 Å². The average molecular weight is 246 g/mol. The zero-order chi connectivity index (χ0) is 13.1. The zero-order valence-electron chi connectivity index (χ0n) is 10.2. The van der Waals surface area contributed by atoms with Crippen molar-refractivity contribution >= 4 is 17.4 Å². The highest BCUT2D eigenvalue weighted by Gasteiger charge is 2.17. The lowest BCUT2D eigenvalue weighted by Crippen LogP contribution is -2.16. The number of amides is 1. The maximum absolute atomic E-state index is 12.0. The first kappa shape index (κ1) is 12.1. The molecule has 6 nitrogen and oxygen atoms in total. The predicted octanol–water partition coefficient (Wildman–Crippen LogP) is 1.77. The van der Waals surface area contributed by atoms with Crippen molar-refractivity contribution in [2.45, 2.75) is 20.3 Å². The van der Waals surface area contributed by atoms with Crippen LogP contribution in [0.25, 0.3) is 0 Å². The third-order valence-corrected chi connectivity index (χ3v) is 2.71. The van der Waals surface area contributed by atoms with Crippen LogP contribution in [0.15, 0.2) is 22.8 Å². The Morgan fingerprint density at radius 3 is 2.83 bits per heavy atom. The molecule has 0 fully saturated rings. The fourth-order valence-electron chi connectivity index (χ4n) is 1.73. The number of aromatic nitrogens is 2. The van der Waals surface area contributed by atoms with Crippen molar-refractivity contribution in [2.24, 2.45) is 0 Å². The fraction of sp³-hybridized carbons (Fsp3) is 0.250. The third kappa shape index (κ3) is 2.17. The summed E-state index contributed by atoms with van der Waals surface area (Å²) in [6.07, 6.45) is 0.823. The highest BCUT2D eigenvalue weighted by Crippen LogP contribution is 2.22. The Hall–Kier alpha value is -2.37. The van der Waals surface area contributed by atoms with Crippen molar-refractivity contribution in [3.63, 3.8) is 0 Å². The van der Waals surface area contributed by atoms with Crippen LogP contribution in [0.1, 0.15) is 28.5 Å². The number of rotatable bonds is 3. The van der Waals surface area contributed by atoms with E-state index in [-0.39, 0.29) is 11.5 Å². The molecule has 2 aromatic rings. The molecule has 1 heterocycles. The molecule has 0 aliphatic heterocycles. The lowest BCUT2D eigenvalue weighted by atomic mass is 10.1. The minimum Gasteiger partial charge on any atom is -0.379 e. The molecule has 18 heavy (non-hydrogen) atoms. The van der Waals surface area contributed by atoms with Gasteiger partial charge in [0, 0.05) is 5.69 Å². The van der Waals surface area contributed by atoms with Crippen LogP contribution in [-0.4, -0.2) is 16.2 Å². The molecule has 1 aromatic heterocycles. The van der Waals surface area contributed by atoms with Gasteiger partial charge in [0.1, 0.15) is 0 Å². The Balaban J connectivity index is 2.30. The van der Waals surface area contributed by atoms with Crippen molar-refractivity contribution in [1.82, 2.24) is 10.3 Å². The number of hydrogen-bond donors (Lipinski definition) is 2. The molecule has 0 bridgehead atoms. The Morgan fingerprint density at radius 2 is 2.22 bits per heavy atom. The van der Waals surface area contributed by atoms with Gasteiger partial charge in [-0.05, 0) is 34.8 Å². The molecule has 0 spiro atoms. The molecule has 1 aromatic carbocycles. The topological polar surface area (TPSA) is 94.0 Å². The number of para-hydroxylation sites is 1. The second kappa shape index (κ2) is 4.87. The molecular formula is C12H14N4O2. The van der Waals surface area contributed by atoms with Crippen molar-refractivity contribution < 1.29 is 9.42 Å². The Bertz CT molecular complexity index is 577. The average Bonchev–Trinajstić information content (AvgIpc) is 2.78. The van der Waals surface area contributed by atoms with Gasteiger partial charge in [-0.15, -0.1) is 0 Å². The van der Waals surface area contributed by atoms with Gasteiger partial charge in [0.25, 0.3) is 5.91 Å². The van der Waals surface area contributed by atoms with E-state index in [1.807, 2.05) is 32.0 Å². The van der Waals surface area contributed by atoms with Gasteiger partial charge in [-0.3, -0.25) is 4.79 Å². The van der Waals surface area contributed by atoms with Crippen LogP contribution < -0.4 is 11.1 Å². The van der Waals surface area contributed by atoms with Crippen LogP contribution in [0.3, 0.4) is 0 Å². The van der Waals surface area contributed by atoms with Gasteiger partial charge in [0.15, 0.2) is 0 Å². The summed E-state index contributed by atoms with van der Waals surface area (Å²) >= 11 is 0. The first-order valence-corrected chi connectivity index (χ1v) is 5.61. The highest BCUT2D eigenvalue weighted by molar-refractivity contribution is 6.06. The van der Waals surface area contributed by atoms with Gasteiger partial charge in [-0.2, -0.15) is 0 Å². The zero-order valence-corrected chi connectivity index (χ0v) is 10.2. The van der Waals surface area contributed by atoms with E-state index in [2.05, 4.69) is 20.3 Å². The summed E-state index contributed by atoms with van der Waals surface area (Å²) in [5.74, 6) is -0.433. The first-order chi connectivity index (χ1) is 8.63. The van der Waals surface area contributed by atoms with Crippen molar-refractivity contribution in [3.8, 4) is 0 Å². The molecule has 94 valence electrons. The Kier molecular flexibility index (Phi) is 3.27. The van der Waals surface area contributed by atoms with Gasteiger partial charge < -0.3 is 11.1 Å². The predicted molar refractivity (Wildman–Crippen MR) is 67.2 cm³/mol. The molecule has 6 heteroatoms. The molecule has 0 unspecified atom stereocenters. The molecular weight excluding hydrogens is 232 g/mol. The minimum atomic E-state index is -0.419. The van der Waals surface area contributed by atoms with Gasteiger partial charge in [0.2, 0.25) is 11.5 Å². The molecule has 0 aliphatic rings. The molecule has 3 N–H and O–H groups in total. The lowest BCUT2D eigenvalue weighted by Gasteiger charge is -2.11. The van der Waals surface area contributed by atoms with E-state index in [0.29, 0.717) is 0 Å². The highest BCUT2D eigenvalue weighted by atomic mass is 16.6. The van der Waals surface area contributed by atoms with E-state index in [1.165, 1.54) is 0 Å². The second-order valence-corrected chi connectivity index (χ2v) is 3.91. The summed E-state index contributed by atoms with van der Waals surface area (Å²) in [5, 5.41) is 9.64. The molecule has 0 atom stereocenters. The number of benzene rings is 1. The number of aryl methyl sites for hydroxylation is 2. The maximum atomic E-state index is 12.0. The summed E-state index contributed by atoms with van der Waals surface area (Å²) < 4.78 is 4.41. The monoisotopic (exact) mass is 246 g/mol. The van der Waals surface area contributed by atoms with Gasteiger partial charge in [-0.1, -0.05) is 25.1 Å². The van der Waals surface area contributed by atoms with Crippen LogP contribution in [0.2, 0.25) is 0 Å². The fourth-order valence-corrected chi connectivity index (χ4v) is 1.73. The van der Waals surface area contributed by atoms with E-state index in [4.69, 9.17) is 5.73 Å². The van der Waals surface area contributed by atoms with Gasteiger partial charge in [0.05, 0.1) is 0 Å². The van der Waals surface area contributed by atoms with Crippen LogP contribution in [0.4, 0.5) is 11.5 Å². The van der Waals surface area contributed by atoms with Gasteiger partial charge in [-0.25, -0.2) is 4.63 Å². The number of anilines is 2. The number of nitrogen functional groups attached to an aromatic ring is 1. The summed E-state index contributed by atoms with van der Waals surface area (Å²) in [4.78, 5) is 12.0. The summed E-state index contributed by atoms with van der Waals surface area (Å²) in [5.41, 5.74) is 8.30. The van der Waals surface area contributed by atoms with Crippen LogP contribution in [0, 0.1) is 6.92 Å². The quantitative estimate of drug-likeness (QED) is 0.860. The smallest absolute Gasteiger partial charge is 0.281 e. The van der Waals surface area contributed by atoms with Crippen LogP contribution >= 0.6 is 0 Å². The van der Waals surface area contributed by atoms with Crippen LogP contribution in [-0.2, 0) is 6.42 Å². The van der Waals surface area contributed by atoms with E-state index in [0.717, 1.165) is 23.2 Å². The number of carbonyl (C=O) groups is 1. The first-order valence-electron chi connectivity index (χ1n) is 5.61. The summed E-state index contributed by atoms with van der Waals surface area (Å²) in [7, 11) is 0. The van der Waals surface area contributed by atoms with Crippen molar-refractivity contribution in [2.75, 3.05) is 11.1 Å². The summed E-state index contributed by atoms with van der Waals surface area (Å²) in [6, 6.07) is 5.85. The number of nitrogens with one attached hydrogen (secondary N) is 1. The molecule has 1 amide bonds. The summed E-state index contributed by atoms with van der Waals surface area (Å²) in [6.45, 7) is 3.95.